The number of pyridine rings is 1. The van der Waals surface area contributed by atoms with Crippen LogP contribution in [0.1, 0.15) is 18.5 Å². The molecule has 90 valence electrons. The predicted octanol–water partition coefficient (Wildman–Crippen LogP) is 2.14. The summed E-state index contributed by atoms with van der Waals surface area (Å²) in [5.74, 6) is 3.41. The Kier molecular flexibility index (Phi) is 2.84. The van der Waals surface area contributed by atoms with Crippen molar-refractivity contribution in [2.24, 2.45) is 5.92 Å². The summed E-state index contributed by atoms with van der Waals surface area (Å²) in [6.07, 6.45) is -2.58. The van der Waals surface area contributed by atoms with E-state index in [0.29, 0.717) is 12.8 Å². The van der Waals surface area contributed by atoms with Crippen LogP contribution in [0, 0.1) is 17.8 Å². The summed E-state index contributed by atoms with van der Waals surface area (Å²) in [6.45, 7) is 0. The SMILES string of the molecule is OC(C#Cc1ccccn1)(C1CC1)C(F)(F)F. The number of alkyl halides is 3. The van der Waals surface area contributed by atoms with E-state index in [4.69, 9.17) is 0 Å². The summed E-state index contributed by atoms with van der Waals surface area (Å²) in [4.78, 5) is 3.79. The van der Waals surface area contributed by atoms with E-state index in [0.717, 1.165) is 0 Å². The van der Waals surface area contributed by atoms with Crippen molar-refractivity contribution < 1.29 is 18.3 Å². The minimum absolute atomic E-state index is 0.218. The van der Waals surface area contributed by atoms with Crippen LogP contribution in [0.4, 0.5) is 13.2 Å². The van der Waals surface area contributed by atoms with Gasteiger partial charge in [-0.05, 0) is 30.9 Å². The molecule has 0 radical (unpaired) electrons. The van der Waals surface area contributed by atoms with Gasteiger partial charge in [-0.15, -0.1) is 0 Å². The molecule has 1 aliphatic carbocycles. The second-order valence-corrected chi connectivity index (χ2v) is 4.00. The monoisotopic (exact) mass is 241 g/mol. The van der Waals surface area contributed by atoms with Crippen LogP contribution in [-0.4, -0.2) is 21.9 Å². The Morgan fingerprint density at radius 1 is 1.29 bits per heavy atom. The molecule has 17 heavy (non-hydrogen) atoms. The van der Waals surface area contributed by atoms with Gasteiger partial charge in [0.25, 0.3) is 0 Å². The molecule has 1 N–H and O–H groups in total. The van der Waals surface area contributed by atoms with Crippen molar-refractivity contribution in [3.63, 3.8) is 0 Å². The zero-order valence-corrected chi connectivity index (χ0v) is 8.83. The summed E-state index contributed by atoms with van der Waals surface area (Å²) in [7, 11) is 0. The van der Waals surface area contributed by atoms with E-state index in [2.05, 4.69) is 10.9 Å². The molecule has 2 nitrogen and oxygen atoms in total. The van der Waals surface area contributed by atoms with Gasteiger partial charge in [0, 0.05) is 12.1 Å². The third-order valence-corrected chi connectivity index (χ3v) is 2.65. The first-order chi connectivity index (χ1) is 7.93. The van der Waals surface area contributed by atoms with E-state index in [-0.39, 0.29) is 5.69 Å². The van der Waals surface area contributed by atoms with E-state index in [1.807, 2.05) is 5.92 Å². The lowest BCUT2D eigenvalue weighted by molar-refractivity contribution is -0.242. The minimum atomic E-state index is -4.73. The first-order valence-corrected chi connectivity index (χ1v) is 5.17. The molecule has 1 unspecified atom stereocenters. The third-order valence-electron chi connectivity index (χ3n) is 2.65. The lowest BCUT2D eigenvalue weighted by atomic mass is 9.97. The fourth-order valence-electron chi connectivity index (χ4n) is 1.50. The van der Waals surface area contributed by atoms with Crippen molar-refractivity contribution in [1.29, 1.82) is 0 Å². The fourth-order valence-corrected chi connectivity index (χ4v) is 1.50. The van der Waals surface area contributed by atoms with E-state index in [1.165, 1.54) is 12.3 Å². The van der Waals surface area contributed by atoms with Gasteiger partial charge in [0.05, 0.1) is 0 Å². The van der Waals surface area contributed by atoms with Crippen molar-refractivity contribution >= 4 is 0 Å². The van der Waals surface area contributed by atoms with Crippen LogP contribution in [0.25, 0.3) is 0 Å². The molecule has 0 spiro atoms. The predicted molar refractivity (Wildman–Crippen MR) is 54.8 cm³/mol. The average Bonchev–Trinajstić information content (AvgIpc) is 3.10. The van der Waals surface area contributed by atoms with Crippen molar-refractivity contribution in [2.75, 3.05) is 0 Å². The van der Waals surface area contributed by atoms with Crippen LogP contribution in [0.15, 0.2) is 24.4 Å². The summed E-state index contributed by atoms with van der Waals surface area (Å²) in [5.41, 5.74) is -2.68. The molecule has 1 aliphatic rings. The first-order valence-electron chi connectivity index (χ1n) is 5.17. The maximum Gasteiger partial charge on any atom is 0.428 e. The van der Waals surface area contributed by atoms with E-state index < -0.39 is 17.7 Å². The first kappa shape index (κ1) is 11.9. The summed E-state index contributed by atoms with van der Waals surface area (Å²) in [6, 6.07) is 4.76. The Bertz CT molecular complexity index is 456. The molecule has 0 aromatic carbocycles. The van der Waals surface area contributed by atoms with Crippen LogP contribution in [0.3, 0.4) is 0 Å². The molecular formula is C12H10F3NO. The molecule has 0 aliphatic heterocycles. The maximum absolute atomic E-state index is 12.7. The number of aromatic nitrogens is 1. The molecule has 1 fully saturated rings. The van der Waals surface area contributed by atoms with Crippen molar-refractivity contribution in [2.45, 2.75) is 24.6 Å². The van der Waals surface area contributed by atoms with Gasteiger partial charge in [-0.2, -0.15) is 13.2 Å². The number of hydrogen-bond acceptors (Lipinski definition) is 2. The highest BCUT2D eigenvalue weighted by atomic mass is 19.4. The molecule has 5 heteroatoms. The van der Waals surface area contributed by atoms with Gasteiger partial charge >= 0.3 is 6.18 Å². The lowest BCUT2D eigenvalue weighted by Gasteiger charge is -2.24. The Labute approximate surface area is 96.5 Å². The zero-order valence-electron chi connectivity index (χ0n) is 8.83. The molecule has 1 aromatic rings. The lowest BCUT2D eigenvalue weighted by Crippen LogP contribution is -2.46. The quantitative estimate of drug-likeness (QED) is 0.764. The van der Waals surface area contributed by atoms with Gasteiger partial charge in [-0.1, -0.05) is 12.0 Å². The van der Waals surface area contributed by atoms with Crippen molar-refractivity contribution in [1.82, 2.24) is 4.98 Å². The summed E-state index contributed by atoms with van der Waals surface area (Å²) < 4.78 is 38.2. The van der Waals surface area contributed by atoms with Gasteiger partial charge in [-0.25, -0.2) is 4.98 Å². The summed E-state index contributed by atoms with van der Waals surface area (Å²) in [5, 5.41) is 9.62. The number of rotatable bonds is 1. The van der Waals surface area contributed by atoms with Crippen LogP contribution in [0.5, 0.6) is 0 Å². The van der Waals surface area contributed by atoms with Crippen molar-refractivity contribution in [3.8, 4) is 11.8 Å². The molecular weight excluding hydrogens is 231 g/mol. The van der Waals surface area contributed by atoms with Crippen LogP contribution < -0.4 is 0 Å². The molecule has 0 saturated heterocycles. The number of nitrogens with zero attached hydrogens (tertiary/aromatic N) is 1. The number of halogens is 3. The normalized spacial score (nSPS) is 19.1. The Morgan fingerprint density at radius 2 is 2.00 bits per heavy atom. The molecule has 1 heterocycles. The molecule has 1 aromatic heterocycles. The van der Waals surface area contributed by atoms with E-state index >= 15 is 0 Å². The fraction of sp³-hybridized carbons (Fsp3) is 0.417. The smallest absolute Gasteiger partial charge is 0.369 e. The highest BCUT2D eigenvalue weighted by Crippen LogP contribution is 2.47. The van der Waals surface area contributed by atoms with Crippen LogP contribution in [-0.2, 0) is 0 Å². The number of hydrogen-bond donors (Lipinski definition) is 1. The van der Waals surface area contributed by atoms with Gasteiger partial charge in [-0.3, -0.25) is 0 Å². The van der Waals surface area contributed by atoms with Crippen LogP contribution >= 0.6 is 0 Å². The Morgan fingerprint density at radius 3 is 2.47 bits per heavy atom. The highest BCUT2D eigenvalue weighted by molar-refractivity contribution is 5.33. The topological polar surface area (TPSA) is 33.1 Å². The third kappa shape index (κ3) is 2.42. The standard InChI is InChI=1S/C12H10F3NO/c13-12(14,15)11(17,9-4-5-9)7-6-10-3-1-2-8-16-10/h1-3,8-9,17H,4-5H2. The van der Waals surface area contributed by atoms with Gasteiger partial charge < -0.3 is 5.11 Å². The molecule has 2 rings (SSSR count). The van der Waals surface area contributed by atoms with Gasteiger partial charge in [0.2, 0.25) is 5.60 Å². The van der Waals surface area contributed by atoms with Crippen LogP contribution in [0.2, 0.25) is 0 Å². The van der Waals surface area contributed by atoms with Gasteiger partial charge in [0.15, 0.2) is 0 Å². The Hall–Kier alpha value is -1.54. The molecule has 0 bridgehead atoms. The summed E-state index contributed by atoms with van der Waals surface area (Å²) >= 11 is 0. The second-order valence-electron chi connectivity index (χ2n) is 4.00. The molecule has 1 atom stereocenters. The highest BCUT2D eigenvalue weighted by Gasteiger charge is 2.61. The number of aliphatic hydroxyl groups is 1. The maximum atomic E-state index is 12.7. The zero-order chi connectivity index (χ0) is 12.5. The minimum Gasteiger partial charge on any atom is -0.369 e. The van der Waals surface area contributed by atoms with Gasteiger partial charge in [0.1, 0.15) is 5.69 Å². The second kappa shape index (κ2) is 4.04. The largest absolute Gasteiger partial charge is 0.428 e. The average molecular weight is 241 g/mol. The Balaban J connectivity index is 2.29. The van der Waals surface area contributed by atoms with E-state index in [1.54, 1.807) is 12.1 Å². The van der Waals surface area contributed by atoms with Crippen molar-refractivity contribution in [3.05, 3.63) is 30.1 Å². The van der Waals surface area contributed by atoms with E-state index in [9.17, 15) is 18.3 Å². The molecule has 1 saturated carbocycles. The molecule has 0 amide bonds.